The van der Waals surface area contributed by atoms with E-state index in [0.717, 1.165) is 36.0 Å². The lowest BCUT2D eigenvalue weighted by molar-refractivity contribution is -0.129. The number of fused-ring (bicyclic) bond motifs is 1. The third-order valence-corrected chi connectivity index (χ3v) is 3.94. The van der Waals surface area contributed by atoms with Crippen LogP contribution in [0.3, 0.4) is 0 Å². The molecule has 0 atom stereocenters. The Morgan fingerprint density at radius 2 is 2.32 bits per heavy atom. The van der Waals surface area contributed by atoms with E-state index in [1.807, 2.05) is 18.2 Å². The van der Waals surface area contributed by atoms with Crippen LogP contribution in [0, 0.1) is 12.3 Å². The Labute approximate surface area is 111 Å². The van der Waals surface area contributed by atoms with E-state index in [2.05, 4.69) is 10.3 Å². The number of hydrogen-bond donors (Lipinski definition) is 2. The molecule has 5 nitrogen and oxygen atoms in total. The molecule has 0 aliphatic heterocycles. The Morgan fingerprint density at radius 3 is 2.95 bits per heavy atom. The molecule has 1 heterocycles. The van der Waals surface area contributed by atoms with Crippen molar-refractivity contribution in [2.24, 2.45) is 11.1 Å². The van der Waals surface area contributed by atoms with Crippen molar-refractivity contribution in [3.63, 3.8) is 0 Å². The van der Waals surface area contributed by atoms with Gasteiger partial charge in [-0.2, -0.15) is 0 Å². The fraction of sp³-hybridized carbons (Fsp3) is 0.429. The molecule has 1 aromatic carbocycles. The Balaban J connectivity index is 1.82. The van der Waals surface area contributed by atoms with Gasteiger partial charge in [0.1, 0.15) is 5.52 Å². The number of aryl methyl sites for hydroxylation is 1. The van der Waals surface area contributed by atoms with Gasteiger partial charge in [0.25, 0.3) is 0 Å². The molecule has 1 aliphatic carbocycles. The van der Waals surface area contributed by atoms with E-state index < -0.39 is 0 Å². The summed E-state index contributed by atoms with van der Waals surface area (Å²) >= 11 is 0. The average molecular weight is 259 g/mol. The van der Waals surface area contributed by atoms with Gasteiger partial charge in [0.15, 0.2) is 11.5 Å². The molecule has 1 amide bonds. The highest BCUT2D eigenvalue weighted by Crippen LogP contribution is 2.40. The lowest BCUT2D eigenvalue weighted by Gasteiger charge is -2.39. The van der Waals surface area contributed by atoms with Gasteiger partial charge in [0.2, 0.25) is 5.91 Å². The maximum absolute atomic E-state index is 12.3. The minimum atomic E-state index is -0.366. The number of rotatable bonds is 3. The molecule has 1 aliphatic rings. The molecule has 5 heteroatoms. The first-order chi connectivity index (χ1) is 9.13. The molecule has 0 unspecified atom stereocenters. The maximum Gasteiger partial charge on any atom is 0.231 e. The van der Waals surface area contributed by atoms with Crippen LogP contribution in [-0.2, 0) is 4.79 Å². The van der Waals surface area contributed by atoms with Crippen LogP contribution >= 0.6 is 0 Å². The molecule has 19 heavy (non-hydrogen) atoms. The normalized spacial score (nSPS) is 17.2. The van der Waals surface area contributed by atoms with Gasteiger partial charge in [-0.05, 0) is 31.0 Å². The number of oxazole rings is 1. The zero-order valence-corrected chi connectivity index (χ0v) is 10.9. The third-order valence-electron chi connectivity index (χ3n) is 3.94. The van der Waals surface area contributed by atoms with Crippen molar-refractivity contribution in [2.45, 2.75) is 26.2 Å². The number of hydrogen-bond acceptors (Lipinski definition) is 4. The van der Waals surface area contributed by atoms with Gasteiger partial charge >= 0.3 is 0 Å². The number of nitrogens with zero attached hydrogens (tertiary/aromatic N) is 1. The second kappa shape index (κ2) is 4.35. The molecule has 3 rings (SSSR count). The highest BCUT2D eigenvalue weighted by atomic mass is 16.3. The maximum atomic E-state index is 12.3. The van der Waals surface area contributed by atoms with Crippen molar-refractivity contribution in [3.05, 3.63) is 24.1 Å². The highest BCUT2D eigenvalue weighted by Gasteiger charge is 2.42. The lowest BCUT2D eigenvalue weighted by Crippen LogP contribution is -2.47. The van der Waals surface area contributed by atoms with E-state index in [9.17, 15) is 4.79 Å². The number of nitrogens with one attached hydrogen (secondary N) is 1. The van der Waals surface area contributed by atoms with Crippen LogP contribution in [0.1, 0.15) is 25.2 Å². The second-order valence-corrected chi connectivity index (χ2v) is 5.21. The Morgan fingerprint density at radius 1 is 1.53 bits per heavy atom. The molecule has 2 aromatic rings. The van der Waals surface area contributed by atoms with Crippen molar-refractivity contribution in [1.82, 2.24) is 4.98 Å². The molecule has 0 saturated heterocycles. The molecule has 100 valence electrons. The Kier molecular flexibility index (Phi) is 2.78. The van der Waals surface area contributed by atoms with Gasteiger partial charge in [-0.15, -0.1) is 0 Å². The van der Waals surface area contributed by atoms with Gasteiger partial charge in [0, 0.05) is 19.2 Å². The first-order valence-electron chi connectivity index (χ1n) is 6.52. The molecule has 1 saturated carbocycles. The summed E-state index contributed by atoms with van der Waals surface area (Å²) in [5.41, 5.74) is 7.59. The highest BCUT2D eigenvalue weighted by molar-refractivity contribution is 5.97. The van der Waals surface area contributed by atoms with Gasteiger partial charge in [0.05, 0.1) is 5.41 Å². The number of amides is 1. The van der Waals surface area contributed by atoms with Crippen molar-refractivity contribution in [1.29, 1.82) is 0 Å². The van der Waals surface area contributed by atoms with E-state index in [0.29, 0.717) is 12.4 Å². The van der Waals surface area contributed by atoms with Crippen LogP contribution in [0.2, 0.25) is 0 Å². The largest absolute Gasteiger partial charge is 0.441 e. The van der Waals surface area contributed by atoms with Crippen LogP contribution in [0.5, 0.6) is 0 Å². The fourth-order valence-corrected chi connectivity index (χ4v) is 2.51. The summed E-state index contributed by atoms with van der Waals surface area (Å²) in [6.45, 7) is 2.21. The Bertz CT molecular complexity index is 623. The summed E-state index contributed by atoms with van der Waals surface area (Å²) in [6.07, 6.45) is 2.83. The van der Waals surface area contributed by atoms with Crippen molar-refractivity contribution in [3.8, 4) is 0 Å². The molecule has 0 radical (unpaired) electrons. The second-order valence-electron chi connectivity index (χ2n) is 5.21. The van der Waals surface area contributed by atoms with Crippen LogP contribution in [0.15, 0.2) is 22.6 Å². The number of carbonyl (C=O) groups excluding carboxylic acids is 1. The number of nitrogens with two attached hydrogens (primary N) is 1. The van der Waals surface area contributed by atoms with E-state index >= 15 is 0 Å². The summed E-state index contributed by atoms with van der Waals surface area (Å²) in [5, 5.41) is 2.94. The van der Waals surface area contributed by atoms with Crippen LogP contribution in [0.25, 0.3) is 11.1 Å². The van der Waals surface area contributed by atoms with Crippen molar-refractivity contribution in [2.75, 3.05) is 11.9 Å². The molecule has 0 spiro atoms. The minimum Gasteiger partial charge on any atom is -0.441 e. The summed E-state index contributed by atoms with van der Waals surface area (Å²) in [6, 6.07) is 5.47. The van der Waals surface area contributed by atoms with E-state index in [-0.39, 0.29) is 11.3 Å². The zero-order chi connectivity index (χ0) is 13.5. The topological polar surface area (TPSA) is 81.2 Å². The van der Waals surface area contributed by atoms with Crippen LogP contribution in [-0.4, -0.2) is 17.4 Å². The standard InChI is InChI=1S/C14H17N3O2/c1-9-16-11-7-10(3-4-12(11)19-9)17-13(18)14(8-15)5-2-6-14/h3-4,7H,2,5-6,8,15H2,1H3,(H,17,18). The molecular formula is C14H17N3O2. The number of benzene rings is 1. The predicted molar refractivity (Wildman–Crippen MR) is 72.7 cm³/mol. The number of anilines is 1. The predicted octanol–water partition coefficient (Wildman–Crippen LogP) is 2.20. The smallest absolute Gasteiger partial charge is 0.231 e. The van der Waals surface area contributed by atoms with Gasteiger partial charge < -0.3 is 15.5 Å². The van der Waals surface area contributed by atoms with E-state index in [4.69, 9.17) is 10.2 Å². The first kappa shape index (κ1) is 12.2. The SMILES string of the molecule is Cc1nc2cc(NC(=O)C3(CN)CCC3)ccc2o1. The van der Waals surface area contributed by atoms with Gasteiger partial charge in [-0.3, -0.25) is 4.79 Å². The minimum absolute atomic E-state index is 0.0146. The Hall–Kier alpha value is -1.88. The molecule has 1 fully saturated rings. The van der Waals surface area contributed by atoms with Crippen molar-refractivity contribution < 1.29 is 9.21 Å². The quantitative estimate of drug-likeness (QED) is 0.885. The fourth-order valence-electron chi connectivity index (χ4n) is 2.51. The van der Waals surface area contributed by atoms with Crippen LogP contribution < -0.4 is 11.1 Å². The number of carbonyl (C=O) groups is 1. The molecule has 1 aromatic heterocycles. The summed E-state index contributed by atoms with van der Waals surface area (Å²) in [5.74, 6) is 0.636. The monoisotopic (exact) mass is 259 g/mol. The van der Waals surface area contributed by atoms with E-state index in [1.54, 1.807) is 6.92 Å². The van der Waals surface area contributed by atoms with E-state index in [1.165, 1.54) is 0 Å². The molecular weight excluding hydrogens is 242 g/mol. The number of aromatic nitrogens is 1. The lowest BCUT2D eigenvalue weighted by atomic mass is 9.68. The summed E-state index contributed by atoms with van der Waals surface area (Å²) in [4.78, 5) is 16.5. The molecule has 0 bridgehead atoms. The average Bonchev–Trinajstić information content (AvgIpc) is 2.67. The first-order valence-corrected chi connectivity index (χ1v) is 6.52. The summed E-state index contributed by atoms with van der Waals surface area (Å²) in [7, 11) is 0. The van der Waals surface area contributed by atoms with Gasteiger partial charge in [-0.25, -0.2) is 4.98 Å². The zero-order valence-electron chi connectivity index (χ0n) is 10.9. The van der Waals surface area contributed by atoms with Gasteiger partial charge in [-0.1, -0.05) is 6.42 Å². The van der Waals surface area contributed by atoms with Crippen LogP contribution in [0.4, 0.5) is 5.69 Å². The third kappa shape index (κ3) is 2.00. The molecule has 3 N–H and O–H groups in total. The van der Waals surface area contributed by atoms with Crippen molar-refractivity contribution >= 4 is 22.7 Å². The summed E-state index contributed by atoms with van der Waals surface area (Å²) < 4.78 is 5.40.